The minimum Gasteiger partial charge on any atom is -0.496 e. The monoisotopic (exact) mass is 415 g/mol. The van der Waals surface area contributed by atoms with Crippen molar-refractivity contribution in [2.45, 2.75) is 6.92 Å². The number of H-pyrrole nitrogens is 1. The molecule has 0 aliphatic rings. The second kappa shape index (κ2) is 7.45. The maximum absolute atomic E-state index is 12.8. The van der Waals surface area contributed by atoms with Crippen LogP contribution in [-0.2, 0) is 0 Å². The van der Waals surface area contributed by atoms with Crippen LogP contribution in [0.4, 0.5) is 5.95 Å². The molecule has 0 saturated heterocycles. The lowest BCUT2D eigenvalue weighted by Gasteiger charge is -2.09. The van der Waals surface area contributed by atoms with E-state index in [0.717, 1.165) is 15.6 Å². The largest absolute Gasteiger partial charge is 0.496 e. The van der Waals surface area contributed by atoms with Crippen LogP contribution in [-0.4, -0.2) is 33.6 Å². The Labute approximate surface area is 168 Å². The molecular formula is C18H14ClN5O3S. The number of anilines is 1. The van der Waals surface area contributed by atoms with Gasteiger partial charge in [-0.05, 0) is 54.1 Å². The predicted molar refractivity (Wildman–Crippen MR) is 107 cm³/mol. The molecule has 2 aromatic carbocycles. The van der Waals surface area contributed by atoms with Gasteiger partial charge in [0.15, 0.2) is 5.75 Å². The third-order valence-corrected chi connectivity index (χ3v) is 5.35. The van der Waals surface area contributed by atoms with Crippen LogP contribution < -0.4 is 14.8 Å². The van der Waals surface area contributed by atoms with E-state index in [1.807, 2.05) is 19.1 Å². The number of aromatic amines is 1. The molecule has 0 radical (unpaired) electrons. The molecule has 2 N–H and O–H groups in total. The van der Waals surface area contributed by atoms with Gasteiger partial charge < -0.3 is 9.47 Å². The first-order valence-electron chi connectivity index (χ1n) is 8.14. The van der Waals surface area contributed by atoms with Crippen molar-refractivity contribution in [1.29, 1.82) is 0 Å². The highest BCUT2D eigenvalue weighted by atomic mass is 35.5. The lowest BCUT2D eigenvalue weighted by Crippen LogP contribution is -2.12. The zero-order valence-corrected chi connectivity index (χ0v) is 16.4. The minimum absolute atomic E-state index is 0.0775. The van der Waals surface area contributed by atoms with Gasteiger partial charge >= 0.3 is 0 Å². The molecule has 10 heteroatoms. The highest BCUT2D eigenvalue weighted by Crippen LogP contribution is 2.43. The van der Waals surface area contributed by atoms with E-state index in [0.29, 0.717) is 27.1 Å². The van der Waals surface area contributed by atoms with E-state index in [2.05, 4.69) is 25.9 Å². The Hall–Kier alpha value is -3.17. The third kappa shape index (κ3) is 3.49. The van der Waals surface area contributed by atoms with E-state index in [9.17, 15) is 4.79 Å². The fraction of sp³-hybridized carbons (Fsp3) is 0.111. The van der Waals surface area contributed by atoms with Crippen LogP contribution in [0.1, 0.15) is 15.2 Å². The SMILES string of the molecule is COc1cc2c(Oc3ccc(Cl)cc3)c(C(=O)Nc3nn[nH]n3)sc2cc1C. The molecule has 4 aromatic rings. The fourth-order valence-electron chi connectivity index (χ4n) is 2.67. The summed E-state index contributed by atoms with van der Waals surface area (Å²) in [6, 6.07) is 10.7. The molecule has 0 spiro atoms. The molecule has 0 unspecified atom stereocenters. The van der Waals surface area contributed by atoms with Crippen molar-refractivity contribution in [3.63, 3.8) is 0 Å². The number of nitrogens with one attached hydrogen (secondary N) is 2. The molecule has 8 nitrogen and oxygen atoms in total. The van der Waals surface area contributed by atoms with Gasteiger partial charge in [0.05, 0.1) is 7.11 Å². The van der Waals surface area contributed by atoms with Crippen molar-refractivity contribution >= 4 is 44.9 Å². The Balaban J connectivity index is 1.82. The molecule has 0 fully saturated rings. The van der Waals surface area contributed by atoms with Gasteiger partial charge in [0.2, 0.25) is 0 Å². The zero-order valence-electron chi connectivity index (χ0n) is 14.8. The molecule has 2 aromatic heterocycles. The van der Waals surface area contributed by atoms with Crippen LogP contribution in [0.3, 0.4) is 0 Å². The van der Waals surface area contributed by atoms with Gasteiger partial charge in [-0.3, -0.25) is 10.1 Å². The van der Waals surface area contributed by atoms with Crippen molar-refractivity contribution in [3.8, 4) is 17.2 Å². The van der Waals surface area contributed by atoms with Crippen molar-refractivity contribution in [3.05, 3.63) is 51.9 Å². The molecular weight excluding hydrogens is 402 g/mol. The average molecular weight is 416 g/mol. The number of aromatic nitrogens is 4. The summed E-state index contributed by atoms with van der Waals surface area (Å²) in [5.74, 6) is 1.35. The molecule has 0 aliphatic carbocycles. The van der Waals surface area contributed by atoms with E-state index in [1.165, 1.54) is 11.3 Å². The molecule has 0 aliphatic heterocycles. The summed E-state index contributed by atoms with van der Waals surface area (Å²) in [6.45, 7) is 1.94. The molecule has 28 heavy (non-hydrogen) atoms. The number of carbonyl (C=O) groups is 1. The Morgan fingerprint density at radius 1 is 1.25 bits per heavy atom. The zero-order chi connectivity index (χ0) is 19.7. The number of tetrazole rings is 1. The van der Waals surface area contributed by atoms with Crippen molar-refractivity contribution in [2.24, 2.45) is 0 Å². The molecule has 142 valence electrons. The van der Waals surface area contributed by atoms with E-state index in [-0.39, 0.29) is 5.95 Å². The van der Waals surface area contributed by atoms with Crippen LogP contribution in [0.15, 0.2) is 36.4 Å². The maximum Gasteiger partial charge on any atom is 0.272 e. The number of methoxy groups -OCH3 is 1. The Kier molecular flexibility index (Phi) is 4.84. The number of nitrogens with zero attached hydrogens (tertiary/aromatic N) is 3. The van der Waals surface area contributed by atoms with E-state index >= 15 is 0 Å². The van der Waals surface area contributed by atoms with Crippen LogP contribution in [0.25, 0.3) is 10.1 Å². The van der Waals surface area contributed by atoms with Crippen LogP contribution in [0.5, 0.6) is 17.2 Å². The number of thiophene rings is 1. The highest BCUT2D eigenvalue weighted by Gasteiger charge is 2.23. The van der Waals surface area contributed by atoms with Gasteiger partial charge in [-0.1, -0.05) is 16.7 Å². The quantitative estimate of drug-likeness (QED) is 0.500. The van der Waals surface area contributed by atoms with Gasteiger partial charge in [-0.15, -0.1) is 16.4 Å². The molecule has 0 saturated carbocycles. The molecule has 0 atom stereocenters. The predicted octanol–water partition coefficient (Wildman–Crippen LogP) is 4.43. The number of halogens is 1. The molecule has 1 amide bonds. The summed E-state index contributed by atoms with van der Waals surface area (Å²) in [4.78, 5) is 13.2. The summed E-state index contributed by atoms with van der Waals surface area (Å²) < 4.78 is 12.4. The van der Waals surface area contributed by atoms with Gasteiger partial charge in [-0.2, -0.15) is 5.21 Å². The number of ether oxygens (including phenoxy) is 2. The van der Waals surface area contributed by atoms with Crippen LogP contribution >= 0.6 is 22.9 Å². The normalized spacial score (nSPS) is 10.8. The first kappa shape index (κ1) is 18.2. The Bertz CT molecular complexity index is 1140. The molecule has 4 rings (SSSR count). The molecule has 0 bridgehead atoms. The summed E-state index contributed by atoms with van der Waals surface area (Å²) in [7, 11) is 1.60. The highest BCUT2D eigenvalue weighted by molar-refractivity contribution is 7.21. The summed E-state index contributed by atoms with van der Waals surface area (Å²) in [6.07, 6.45) is 0. The summed E-state index contributed by atoms with van der Waals surface area (Å²) in [5, 5.41) is 17.2. The first-order valence-corrected chi connectivity index (χ1v) is 9.34. The standard InChI is InChI=1S/C18H14ClN5O3S/c1-9-7-14-12(8-13(9)26-2)15(27-11-5-3-10(19)4-6-11)16(28-14)17(25)20-18-21-23-24-22-18/h3-8H,1-2H3,(H2,20,21,22,23,24,25). The lowest BCUT2D eigenvalue weighted by atomic mass is 10.1. The van der Waals surface area contributed by atoms with Crippen molar-refractivity contribution in [2.75, 3.05) is 12.4 Å². The van der Waals surface area contributed by atoms with Crippen molar-refractivity contribution < 1.29 is 14.3 Å². The van der Waals surface area contributed by atoms with E-state index < -0.39 is 5.91 Å². The van der Waals surface area contributed by atoms with Gasteiger partial charge in [-0.25, -0.2) is 0 Å². The topological polar surface area (TPSA) is 102 Å². The number of rotatable bonds is 5. The number of hydrogen-bond acceptors (Lipinski definition) is 7. The van der Waals surface area contributed by atoms with Crippen molar-refractivity contribution in [1.82, 2.24) is 20.6 Å². The number of amides is 1. The average Bonchev–Trinajstić information content (AvgIpc) is 3.31. The fourth-order valence-corrected chi connectivity index (χ4v) is 3.90. The van der Waals surface area contributed by atoms with Gasteiger partial charge in [0.1, 0.15) is 16.4 Å². The Morgan fingerprint density at radius 3 is 2.71 bits per heavy atom. The van der Waals surface area contributed by atoms with Gasteiger partial charge in [0, 0.05) is 15.1 Å². The van der Waals surface area contributed by atoms with E-state index in [1.54, 1.807) is 31.4 Å². The number of aryl methyl sites for hydroxylation is 1. The summed E-state index contributed by atoms with van der Waals surface area (Å²) in [5.41, 5.74) is 0.958. The number of hydrogen-bond donors (Lipinski definition) is 2. The number of fused-ring (bicyclic) bond motifs is 1. The van der Waals surface area contributed by atoms with Gasteiger partial charge in [0.25, 0.3) is 11.9 Å². The number of carbonyl (C=O) groups excluding carboxylic acids is 1. The maximum atomic E-state index is 12.8. The summed E-state index contributed by atoms with van der Waals surface area (Å²) >= 11 is 7.25. The van der Waals surface area contributed by atoms with Crippen LogP contribution in [0.2, 0.25) is 5.02 Å². The second-order valence-corrected chi connectivity index (χ2v) is 7.31. The first-order chi connectivity index (χ1) is 13.5. The minimum atomic E-state index is -0.400. The lowest BCUT2D eigenvalue weighted by molar-refractivity contribution is 0.102. The number of benzene rings is 2. The smallest absolute Gasteiger partial charge is 0.272 e. The second-order valence-electron chi connectivity index (χ2n) is 5.82. The van der Waals surface area contributed by atoms with Crippen LogP contribution in [0, 0.1) is 6.92 Å². The third-order valence-electron chi connectivity index (χ3n) is 3.97. The Morgan fingerprint density at radius 2 is 2.04 bits per heavy atom. The molecule has 2 heterocycles. The van der Waals surface area contributed by atoms with E-state index in [4.69, 9.17) is 21.1 Å².